The Labute approximate surface area is 140 Å². The molecule has 122 valence electrons. The third kappa shape index (κ3) is 5.94. The Balaban J connectivity index is 1.59. The van der Waals surface area contributed by atoms with Crippen molar-refractivity contribution in [3.63, 3.8) is 0 Å². The molecule has 3 nitrogen and oxygen atoms in total. The van der Waals surface area contributed by atoms with E-state index in [1.807, 2.05) is 18.2 Å². The van der Waals surface area contributed by atoms with Gasteiger partial charge in [0.1, 0.15) is 5.82 Å². The molecular formula is C18H21FN2OS. The number of carbonyl (C=O) groups is 1. The SMILES string of the molecule is Nc1ccccc1NC(=O)CCCCCSc1ccccc1F. The van der Waals surface area contributed by atoms with E-state index in [1.165, 1.54) is 17.8 Å². The number of halogens is 1. The number of rotatable bonds is 8. The Kier molecular flexibility index (Phi) is 6.94. The van der Waals surface area contributed by atoms with Crippen LogP contribution in [0.15, 0.2) is 53.4 Å². The van der Waals surface area contributed by atoms with Crippen LogP contribution in [0.25, 0.3) is 0 Å². The quantitative estimate of drug-likeness (QED) is 0.418. The molecule has 0 aliphatic heterocycles. The van der Waals surface area contributed by atoms with Gasteiger partial charge >= 0.3 is 0 Å². The van der Waals surface area contributed by atoms with Crippen LogP contribution in [0.4, 0.5) is 15.8 Å². The van der Waals surface area contributed by atoms with Crippen molar-refractivity contribution in [1.29, 1.82) is 0 Å². The van der Waals surface area contributed by atoms with E-state index in [9.17, 15) is 9.18 Å². The van der Waals surface area contributed by atoms with Crippen molar-refractivity contribution in [2.75, 3.05) is 16.8 Å². The predicted molar refractivity (Wildman–Crippen MR) is 95.1 cm³/mol. The summed E-state index contributed by atoms with van der Waals surface area (Å²) in [5.41, 5.74) is 7.01. The summed E-state index contributed by atoms with van der Waals surface area (Å²) >= 11 is 1.52. The van der Waals surface area contributed by atoms with Crippen molar-refractivity contribution >= 4 is 29.0 Å². The van der Waals surface area contributed by atoms with E-state index < -0.39 is 0 Å². The molecule has 0 unspecified atom stereocenters. The number of benzene rings is 2. The summed E-state index contributed by atoms with van der Waals surface area (Å²) in [4.78, 5) is 12.5. The molecule has 0 radical (unpaired) electrons. The maximum atomic E-state index is 13.4. The van der Waals surface area contributed by atoms with Crippen LogP contribution in [-0.4, -0.2) is 11.7 Å². The average molecular weight is 332 g/mol. The van der Waals surface area contributed by atoms with Gasteiger partial charge in [-0.2, -0.15) is 0 Å². The second-order valence-corrected chi connectivity index (χ2v) is 6.36. The third-order valence-corrected chi connectivity index (χ3v) is 4.51. The first kappa shape index (κ1) is 17.3. The number of carbonyl (C=O) groups excluding carboxylic acids is 1. The van der Waals surface area contributed by atoms with Gasteiger partial charge < -0.3 is 11.1 Å². The molecule has 2 rings (SSSR count). The lowest BCUT2D eigenvalue weighted by atomic mass is 10.2. The molecule has 2 aromatic rings. The van der Waals surface area contributed by atoms with Crippen LogP contribution in [0.1, 0.15) is 25.7 Å². The van der Waals surface area contributed by atoms with Crippen LogP contribution in [0.3, 0.4) is 0 Å². The average Bonchev–Trinajstić information content (AvgIpc) is 2.54. The van der Waals surface area contributed by atoms with Crippen LogP contribution in [0.5, 0.6) is 0 Å². The number of amides is 1. The highest BCUT2D eigenvalue weighted by Gasteiger charge is 2.05. The van der Waals surface area contributed by atoms with E-state index in [1.54, 1.807) is 24.3 Å². The number of nitrogens with one attached hydrogen (secondary N) is 1. The molecule has 0 saturated carbocycles. The predicted octanol–water partition coefficient (Wildman–Crippen LogP) is 4.70. The molecule has 0 fully saturated rings. The summed E-state index contributed by atoms with van der Waals surface area (Å²) in [6, 6.07) is 14.0. The molecule has 0 aliphatic rings. The van der Waals surface area contributed by atoms with E-state index >= 15 is 0 Å². The molecule has 0 aromatic heterocycles. The smallest absolute Gasteiger partial charge is 0.224 e. The highest BCUT2D eigenvalue weighted by Crippen LogP contribution is 2.22. The van der Waals surface area contributed by atoms with Crippen molar-refractivity contribution in [1.82, 2.24) is 0 Å². The largest absolute Gasteiger partial charge is 0.397 e. The molecule has 0 bridgehead atoms. The van der Waals surface area contributed by atoms with Crippen molar-refractivity contribution in [2.24, 2.45) is 0 Å². The van der Waals surface area contributed by atoms with E-state index in [4.69, 9.17) is 5.73 Å². The van der Waals surface area contributed by atoms with Crippen LogP contribution in [-0.2, 0) is 4.79 Å². The Hall–Kier alpha value is -2.01. The van der Waals surface area contributed by atoms with E-state index in [2.05, 4.69) is 5.32 Å². The molecule has 0 spiro atoms. The molecule has 0 saturated heterocycles. The number of nitrogens with two attached hydrogens (primary N) is 1. The van der Waals surface area contributed by atoms with E-state index in [0.29, 0.717) is 22.7 Å². The van der Waals surface area contributed by atoms with Gasteiger partial charge in [0.2, 0.25) is 5.91 Å². The number of unbranched alkanes of at least 4 members (excludes halogenated alkanes) is 2. The molecule has 3 N–H and O–H groups in total. The normalized spacial score (nSPS) is 10.5. The lowest BCUT2D eigenvalue weighted by Gasteiger charge is -2.07. The number of hydrogen-bond acceptors (Lipinski definition) is 3. The van der Waals surface area contributed by atoms with E-state index in [-0.39, 0.29) is 11.7 Å². The Morgan fingerprint density at radius 3 is 2.57 bits per heavy atom. The zero-order chi connectivity index (χ0) is 16.5. The van der Waals surface area contributed by atoms with E-state index in [0.717, 1.165) is 25.0 Å². The van der Waals surface area contributed by atoms with Crippen LogP contribution >= 0.6 is 11.8 Å². The van der Waals surface area contributed by atoms with Gasteiger partial charge in [-0.3, -0.25) is 4.79 Å². The lowest BCUT2D eigenvalue weighted by Crippen LogP contribution is -2.12. The van der Waals surface area contributed by atoms with Crippen molar-refractivity contribution in [3.05, 3.63) is 54.3 Å². The Morgan fingerprint density at radius 2 is 1.78 bits per heavy atom. The summed E-state index contributed by atoms with van der Waals surface area (Å²) < 4.78 is 13.4. The molecule has 2 aromatic carbocycles. The number of nitrogen functional groups attached to an aromatic ring is 1. The van der Waals surface area contributed by atoms with Gasteiger partial charge in [-0.25, -0.2) is 4.39 Å². The highest BCUT2D eigenvalue weighted by molar-refractivity contribution is 7.99. The Morgan fingerprint density at radius 1 is 1.04 bits per heavy atom. The van der Waals surface area contributed by atoms with Crippen LogP contribution in [0, 0.1) is 5.82 Å². The number of thioether (sulfide) groups is 1. The minimum atomic E-state index is -0.169. The highest BCUT2D eigenvalue weighted by atomic mass is 32.2. The fourth-order valence-electron chi connectivity index (χ4n) is 2.13. The first-order chi connectivity index (χ1) is 11.2. The summed E-state index contributed by atoms with van der Waals surface area (Å²) in [6.07, 6.45) is 3.19. The Bertz CT molecular complexity index is 648. The second-order valence-electron chi connectivity index (χ2n) is 5.22. The molecule has 0 aliphatic carbocycles. The van der Waals surface area contributed by atoms with Crippen LogP contribution < -0.4 is 11.1 Å². The zero-order valence-electron chi connectivity index (χ0n) is 12.9. The maximum absolute atomic E-state index is 13.4. The van der Waals surface area contributed by atoms with Gasteiger partial charge in [0, 0.05) is 11.3 Å². The third-order valence-electron chi connectivity index (χ3n) is 3.38. The topological polar surface area (TPSA) is 55.1 Å². The van der Waals surface area contributed by atoms with Gasteiger partial charge in [0.05, 0.1) is 11.4 Å². The number of anilines is 2. The molecular weight excluding hydrogens is 311 g/mol. The van der Waals surface area contributed by atoms with Gasteiger partial charge in [-0.05, 0) is 42.9 Å². The molecule has 0 atom stereocenters. The summed E-state index contributed by atoms with van der Waals surface area (Å²) in [7, 11) is 0. The van der Waals surface area contributed by atoms with Crippen molar-refractivity contribution < 1.29 is 9.18 Å². The first-order valence-corrected chi connectivity index (χ1v) is 8.67. The molecule has 1 amide bonds. The maximum Gasteiger partial charge on any atom is 0.224 e. The van der Waals surface area contributed by atoms with Crippen molar-refractivity contribution in [2.45, 2.75) is 30.6 Å². The minimum Gasteiger partial charge on any atom is -0.397 e. The minimum absolute atomic E-state index is 0.0235. The lowest BCUT2D eigenvalue weighted by molar-refractivity contribution is -0.116. The summed E-state index contributed by atoms with van der Waals surface area (Å²) in [6.45, 7) is 0. The van der Waals surface area contributed by atoms with Gasteiger partial charge in [-0.1, -0.05) is 30.7 Å². The number of para-hydroxylation sites is 2. The zero-order valence-corrected chi connectivity index (χ0v) is 13.7. The van der Waals surface area contributed by atoms with Crippen molar-refractivity contribution in [3.8, 4) is 0 Å². The van der Waals surface area contributed by atoms with Crippen LogP contribution in [0.2, 0.25) is 0 Å². The molecule has 5 heteroatoms. The molecule has 23 heavy (non-hydrogen) atoms. The summed E-state index contributed by atoms with van der Waals surface area (Å²) in [5, 5.41) is 2.82. The van der Waals surface area contributed by atoms with Gasteiger partial charge in [-0.15, -0.1) is 11.8 Å². The summed E-state index contributed by atoms with van der Waals surface area (Å²) in [5.74, 6) is 0.663. The standard InChI is InChI=1S/C18H21FN2OS/c19-14-8-3-6-11-17(14)23-13-7-1-2-12-18(22)21-16-10-5-4-9-15(16)20/h3-6,8-11H,1-2,7,12-13,20H2,(H,21,22). The fourth-order valence-corrected chi connectivity index (χ4v) is 3.08. The number of hydrogen-bond donors (Lipinski definition) is 2. The molecule has 0 heterocycles. The second kappa shape index (κ2) is 9.20. The monoisotopic (exact) mass is 332 g/mol. The first-order valence-electron chi connectivity index (χ1n) is 7.68. The van der Waals surface area contributed by atoms with Gasteiger partial charge in [0.25, 0.3) is 0 Å². The van der Waals surface area contributed by atoms with Gasteiger partial charge in [0.15, 0.2) is 0 Å². The fraction of sp³-hybridized carbons (Fsp3) is 0.278.